The summed E-state index contributed by atoms with van der Waals surface area (Å²) in [6, 6.07) is 0.0140. The molecule has 0 heterocycles. The van der Waals surface area contributed by atoms with Crippen LogP contribution in [-0.4, -0.2) is 18.4 Å². The number of hydrogen-bond acceptors (Lipinski definition) is 3. The lowest BCUT2D eigenvalue weighted by molar-refractivity contribution is -0.135. The number of carbonyl (C=O) groups excluding carboxylic acids is 2. The number of halogens is 4. The van der Waals surface area contributed by atoms with Crippen LogP contribution in [-0.2, 0) is 9.59 Å². The van der Waals surface area contributed by atoms with Crippen LogP contribution < -0.4 is 10.1 Å². The first kappa shape index (κ1) is 17.9. The van der Waals surface area contributed by atoms with Crippen LogP contribution in [0.15, 0.2) is 6.07 Å². The number of nitrogens with one attached hydrogen (secondary N) is 1. The van der Waals surface area contributed by atoms with Crippen LogP contribution in [0.4, 0.5) is 17.6 Å². The third kappa shape index (κ3) is 5.01. The fourth-order valence-corrected chi connectivity index (χ4v) is 1.55. The van der Waals surface area contributed by atoms with Crippen LogP contribution in [0.3, 0.4) is 0 Å². The zero-order valence-electron chi connectivity index (χ0n) is 11.8. The van der Waals surface area contributed by atoms with E-state index in [0.717, 1.165) is 6.42 Å². The number of amides is 1. The third-order valence-electron chi connectivity index (χ3n) is 2.64. The zero-order chi connectivity index (χ0) is 16.7. The van der Waals surface area contributed by atoms with Crippen LogP contribution in [0.1, 0.15) is 32.6 Å². The van der Waals surface area contributed by atoms with Crippen molar-refractivity contribution < 1.29 is 31.9 Å². The normalized spacial score (nSPS) is 10.4. The van der Waals surface area contributed by atoms with E-state index in [4.69, 9.17) is 0 Å². The van der Waals surface area contributed by atoms with Gasteiger partial charge >= 0.3 is 5.97 Å². The number of carbonyl (C=O) groups is 2. The lowest BCUT2D eigenvalue weighted by atomic mass is 10.2. The van der Waals surface area contributed by atoms with Gasteiger partial charge in [-0.1, -0.05) is 6.92 Å². The minimum atomic E-state index is -1.78. The SMILES string of the molecule is CCCNC(=O)CCCC(=O)Oc1c(F)c(F)cc(F)c1F. The Hall–Kier alpha value is -2.12. The molecule has 1 rings (SSSR count). The summed E-state index contributed by atoms with van der Waals surface area (Å²) in [4.78, 5) is 22.7. The first-order valence-electron chi connectivity index (χ1n) is 6.67. The summed E-state index contributed by atoms with van der Waals surface area (Å²) in [6.45, 7) is 2.38. The maximum Gasteiger partial charge on any atom is 0.311 e. The first-order valence-corrected chi connectivity index (χ1v) is 6.67. The summed E-state index contributed by atoms with van der Waals surface area (Å²) in [5.74, 6) is -9.69. The summed E-state index contributed by atoms with van der Waals surface area (Å²) >= 11 is 0. The van der Waals surface area contributed by atoms with Crippen LogP contribution >= 0.6 is 0 Å². The van der Waals surface area contributed by atoms with Gasteiger partial charge in [-0.25, -0.2) is 8.78 Å². The van der Waals surface area contributed by atoms with E-state index in [9.17, 15) is 27.2 Å². The van der Waals surface area contributed by atoms with E-state index in [-0.39, 0.29) is 31.2 Å². The molecule has 0 aromatic heterocycles. The van der Waals surface area contributed by atoms with Gasteiger partial charge in [-0.3, -0.25) is 9.59 Å². The molecule has 8 heteroatoms. The Morgan fingerprint density at radius 3 is 2.23 bits per heavy atom. The second-order valence-corrected chi connectivity index (χ2v) is 4.47. The van der Waals surface area contributed by atoms with Gasteiger partial charge in [0.05, 0.1) is 0 Å². The predicted molar refractivity (Wildman–Crippen MR) is 69.1 cm³/mol. The highest BCUT2D eigenvalue weighted by molar-refractivity contribution is 5.77. The minimum absolute atomic E-state index is 0.0140. The van der Waals surface area contributed by atoms with Gasteiger partial charge < -0.3 is 10.1 Å². The molecule has 0 bridgehead atoms. The van der Waals surface area contributed by atoms with E-state index in [2.05, 4.69) is 10.1 Å². The molecule has 22 heavy (non-hydrogen) atoms. The van der Waals surface area contributed by atoms with E-state index in [1.165, 1.54) is 0 Å². The first-order chi connectivity index (χ1) is 10.4. The molecule has 1 aromatic carbocycles. The molecule has 4 nitrogen and oxygen atoms in total. The molecule has 0 unspecified atom stereocenters. The van der Waals surface area contributed by atoms with Crippen molar-refractivity contribution in [1.82, 2.24) is 5.32 Å². The Bertz CT molecular complexity index is 537. The zero-order valence-corrected chi connectivity index (χ0v) is 11.8. The Balaban J connectivity index is 2.54. The number of hydrogen-bond donors (Lipinski definition) is 1. The predicted octanol–water partition coefficient (Wildman–Crippen LogP) is 2.84. The maximum atomic E-state index is 13.3. The van der Waals surface area contributed by atoms with Crippen LogP contribution in [0.5, 0.6) is 5.75 Å². The molecule has 122 valence electrons. The van der Waals surface area contributed by atoms with Gasteiger partial charge in [0, 0.05) is 25.5 Å². The quantitative estimate of drug-likeness (QED) is 0.364. The van der Waals surface area contributed by atoms with Gasteiger partial charge in [0.2, 0.25) is 23.3 Å². The van der Waals surface area contributed by atoms with Crippen molar-refractivity contribution >= 4 is 11.9 Å². The Labute approximate surface area is 124 Å². The van der Waals surface area contributed by atoms with Gasteiger partial charge in [-0.2, -0.15) is 8.78 Å². The number of ether oxygens (including phenoxy) is 1. The smallest absolute Gasteiger partial charge is 0.311 e. The van der Waals surface area contributed by atoms with Crippen molar-refractivity contribution in [2.75, 3.05) is 6.54 Å². The summed E-state index contributed by atoms with van der Waals surface area (Å²) in [7, 11) is 0. The van der Waals surface area contributed by atoms with Crippen molar-refractivity contribution in [2.24, 2.45) is 0 Å². The summed E-state index contributed by atoms with van der Waals surface area (Å²) in [6.07, 6.45) is 0.543. The molecule has 0 fully saturated rings. The molecule has 1 amide bonds. The van der Waals surface area contributed by atoms with E-state index in [1.54, 1.807) is 0 Å². The van der Waals surface area contributed by atoms with Gasteiger partial charge in [0.25, 0.3) is 0 Å². The molecule has 1 aromatic rings. The standard InChI is InChI=1S/C14H15F4NO3/c1-2-6-19-10(20)4-3-5-11(21)22-14-12(17)8(15)7-9(16)13(14)18/h7H,2-6H2,1H3,(H,19,20). The van der Waals surface area contributed by atoms with Crippen molar-refractivity contribution in [1.29, 1.82) is 0 Å². The molecular formula is C14H15F4NO3. The number of benzene rings is 1. The number of esters is 1. The molecule has 1 N–H and O–H groups in total. The maximum absolute atomic E-state index is 13.3. The molecule has 0 atom stereocenters. The highest BCUT2D eigenvalue weighted by Crippen LogP contribution is 2.26. The molecule has 0 saturated heterocycles. The Morgan fingerprint density at radius 2 is 1.68 bits per heavy atom. The minimum Gasteiger partial charge on any atom is -0.420 e. The van der Waals surface area contributed by atoms with Crippen molar-refractivity contribution in [2.45, 2.75) is 32.6 Å². The Morgan fingerprint density at radius 1 is 1.09 bits per heavy atom. The van der Waals surface area contributed by atoms with Gasteiger partial charge in [-0.05, 0) is 12.8 Å². The largest absolute Gasteiger partial charge is 0.420 e. The topological polar surface area (TPSA) is 55.4 Å². The van der Waals surface area contributed by atoms with Gasteiger partial charge in [0.15, 0.2) is 11.6 Å². The molecule has 0 aliphatic carbocycles. The highest BCUT2D eigenvalue weighted by atomic mass is 19.2. The summed E-state index contributed by atoms with van der Waals surface area (Å²) < 4.78 is 56.7. The lowest BCUT2D eigenvalue weighted by Crippen LogP contribution is -2.24. The van der Waals surface area contributed by atoms with Gasteiger partial charge in [-0.15, -0.1) is 0 Å². The molecular weight excluding hydrogens is 306 g/mol. The Kier molecular flexibility index (Phi) is 6.81. The fourth-order valence-electron chi connectivity index (χ4n) is 1.55. The highest BCUT2D eigenvalue weighted by Gasteiger charge is 2.22. The van der Waals surface area contributed by atoms with Crippen molar-refractivity contribution in [3.8, 4) is 5.75 Å². The molecule has 0 radical (unpaired) electrons. The summed E-state index contributed by atoms with van der Waals surface area (Å²) in [5.41, 5.74) is 0. The van der Waals surface area contributed by atoms with Crippen LogP contribution in [0.25, 0.3) is 0 Å². The average Bonchev–Trinajstić information content (AvgIpc) is 2.47. The third-order valence-corrected chi connectivity index (χ3v) is 2.64. The van der Waals surface area contributed by atoms with E-state index in [0.29, 0.717) is 6.54 Å². The van der Waals surface area contributed by atoms with Crippen molar-refractivity contribution in [3.63, 3.8) is 0 Å². The fraction of sp³-hybridized carbons (Fsp3) is 0.429. The second-order valence-electron chi connectivity index (χ2n) is 4.47. The molecule has 0 aliphatic rings. The van der Waals surface area contributed by atoms with Gasteiger partial charge in [0.1, 0.15) is 0 Å². The summed E-state index contributed by atoms with van der Waals surface area (Å²) in [5, 5.41) is 2.58. The molecule has 0 saturated carbocycles. The monoisotopic (exact) mass is 321 g/mol. The second kappa shape index (κ2) is 8.35. The van der Waals surface area contributed by atoms with E-state index < -0.39 is 35.0 Å². The van der Waals surface area contributed by atoms with Crippen LogP contribution in [0, 0.1) is 23.3 Å². The molecule has 0 spiro atoms. The van der Waals surface area contributed by atoms with E-state index >= 15 is 0 Å². The lowest BCUT2D eigenvalue weighted by Gasteiger charge is -2.08. The van der Waals surface area contributed by atoms with Crippen molar-refractivity contribution in [3.05, 3.63) is 29.3 Å². The van der Waals surface area contributed by atoms with E-state index in [1.807, 2.05) is 6.92 Å². The van der Waals surface area contributed by atoms with Crippen LogP contribution in [0.2, 0.25) is 0 Å². The average molecular weight is 321 g/mol. The number of rotatable bonds is 7. The molecule has 0 aliphatic heterocycles.